The molecule has 116 valence electrons. The first-order valence-electron chi connectivity index (χ1n) is 6.80. The molecule has 3 nitrogen and oxygen atoms in total. The maximum absolute atomic E-state index is 12.9. The molecule has 0 atom stereocenters. The van der Waals surface area contributed by atoms with Crippen molar-refractivity contribution in [3.05, 3.63) is 71.3 Å². The summed E-state index contributed by atoms with van der Waals surface area (Å²) in [6.07, 6.45) is 0. The molecule has 0 aromatic heterocycles. The number of sulfonamides is 1. The first-order chi connectivity index (χ1) is 10.3. The lowest BCUT2D eigenvalue weighted by Gasteiger charge is -2.25. The Balaban J connectivity index is 2.53. The Morgan fingerprint density at radius 1 is 1.18 bits per heavy atom. The second kappa shape index (κ2) is 6.55. The number of halogens is 1. The van der Waals surface area contributed by atoms with Crippen molar-refractivity contribution in [3.63, 3.8) is 0 Å². The predicted octanol–water partition coefficient (Wildman–Crippen LogP) is 4.42. The van der Waals surface area contributed by atoms with Crippen molar-refractivity contribution in [2.45, 2.75) is 18.7 Å². The second-order valence-electron chi connectivity index (χ2n) is 5.26. The first kappa shape index (κ1) is 16.6. The van der Waals surface area contributed by atoms with Crippen LogP contribution in [-0.2, 0) is 10.0 Å². The van der Waals surface area contributed by atoms with Crippen LogP contribution in [-0.4, -0.2) is 15.0 Å². The minimum atomic E-state index is -3.67. The summed E-state index contributed by atoms with van der Waals surface area (Å²) in [5.41, 5.74) is 2.28. The molecule has 0 amide bonds. The summed E-state index contributed by atoms with van der Waals surface area (Å²) in [6, 6.07) is 13.6. The molecule has 0 N–H and O–H groups in total. The van der Waals surface area contributed by atoms with Gasteiger partial charge in [-0.2, -0.15) is 0 Å². The molecule has 0 saturated carbocycles. The van der Waals surface area contributed by atoms with Gasteiger partial charge in [-0.25, -0.2) is 8.42 Å². The molecule has 0 unspecified atom stereocenters. The maximum atomic E-state index is 12.9. The Labute approximate surface area is 136 Å². The SMILES string of the molecule is C=C(C)CN(c1cccc(Cl)c1)S(=O)(=O)c1ccc(C)cc1. The zero-order valence-corrected chi connectivity index (χ0v) is 14.2. The summed E-state index contributed by atoms with van der Waals surface area (Å²) in [7, 11) is -3.67. The number of anilines is 1. The molecular formula is C17H18ClNO2S. The topological polar surface area (TPSA) is 37.4 Å². The predicted molar refractivity (Wildman–Crippen MR) is 92.0 cm³/mol. The molecule has 2 aromatic carbocycles. The van der Waals surface area contributed by atoms with Gasteiger partial charge >= 0.3 is 0 Å². The third-order valence-corrected chi connectivity index (χ3v) is 5.14. The van der Waals surface area contributed by atoms with E-state index >= 15 is 0 Å². The zero-order chi connectivity index (χ0) is 16.3. The average Bonchev–Trinajstić information content (AvgIpc) is 2.45. The lowest BCUT2D eigenvalue weighted by molar-refractivity contribution is 0.592. The minimum Gasteiger partial charge on any atom is -0.262 e. The van der Waals surface area contributed by atoms with Gasteiger partial charge < -0.3 is 0 Å². The van der Waals surface area contributed by atoms with E-state index in [2.05, 4.69) is 6.58 Å². The highest BCUT2D eigenvalue weighted by atomic mass is 35.5. The van der Waals surface area contributed by atoms with E-state index in [4.69, 9.17) is 11.6 Å². The molecule has 0 aliphatic carbocycles. The van der Waals surface area contributed by atoms with Gasteiger partial charge in [-0.3, -0.25) is 4.31 Å². The number of hydrogen-bond acceptors (Lipinski definition) is 2. The number of nitrogens with zero attached hydrogens (tertiary/aromatic N) is 1. The number of hydrogen-bond donors (Lipinski definition) is 0. The Bertz CT molecular complexity index is 783. The fourth-order valence-corrected chi connectivity index (χ4v) is 3.73. The molecule has 0 bridgehead atoms. The minimum absolute atomic E-state index is 0.205. The Hall–Kier alpha value is -1.78. The Kier molecular flexibility index (Phi) is 4.94. The van der Waals surface area contributed by atoms with Gasteiger partial charge in [-0.15, -0.1) is 0 Å². The third-order valence-electron chi connectivity index (χ3n) is 3.12. The molecule has 2 aromatic rings. The van der Waals surface area contributed by atoms with Gasteiger partial charge in [0.25, 0.3) is 10.0 Å². The van der Waals surface area contributed by atoms with Gasteiger partial charge in [-0.05, 0) is 44.2 Å². The van der Waals surface area contributed by atoms with Crippen LogP contribution < -0.4 is 4.31 Å². The van der Waals surface area contributed by atoms with Crippen LogP contribution in [0.1, 0.15) is 12.5 Å². The molecule has 0 spiro atoms. The molecule has 0 saturated heterocycles. The number of rotatable bonds is 5. The molecule has 2 rings (SSSR count). The van der Waals surface area contributed by atoms with Crippen LogP contribution in [0.15, 0.2) is 65.6 Å². The summed E-state index contributed by atoms with van der Waals surface area (Å²) in [6.45, 7) is 7.74. The van der Waals surface area contributed by atoms with Crippen LogP contribution in [0.5, 0.6) is 0 Å². The molecule has 0 radical (unpaired) electrons. The number of aryl methyl sites for hydroxylation is 1. The van der Waals surface area contributed by atoms with Crippen molar-refractivity contribution < 1.29 is 8.42 Å². The van der Waals surface area contributed by atoms with Gasteiger partial charge in [0, 0.05) is 5.02 Å². The summed E-state index contributed by atoms with van der Waals surface area (Å²) in [5.74, 6) is 0. The molecule has 0 heterocycles. The van der Waals surface area contributed by atoms with Gasteiger partial charge in [0.2, 0.25) is 0 Å². The normalized spacial score (nSPS) is 11.2. The van der Waals surface area contributed by atoms with E-state index in [0.29, 0.717) is 10.7 Å². The highest BCUT2D eigenvalue weighted by Gasteiger charge is 2.25. The van der Waals surface area contributed by atoms with Crippen LogP contribution in [0.2, 0.25) is 5.02 Å². The standard InChI is InChI=1S/C17H18ClNO2S/c1-13(2)12-19(16-6-4-5-15(18)11-16)22(20,21)17-9-7-14(3)8-10-17/h4-11H,1,12H2,2-3H3. The Morgan fingerprint density at radius 2 is 1.82 bits per heavy atom. The molecule has 22 heavy (non-hydrogen) atoms. The molecule has 0 aliphatic heterocycles. The van der Waals surface area contributed by atoms with E-state index in [1.807, 2.05) is 6.92 Å². The van der Waals surface area contributed by atoms with E-state index in [1.54, 1.807) is 55.5 Å². The lowest BCUT2D eigenvalue weighted by Crippen LogP contribution is -2.32. The maximum Gasteiger partial charge on any atom is 0.264 e. The largest absolute Gasteiger partial charge is 0.264 e. The third kappa shape index (κ3) is 3.70. The summed E-state index contributed by atoms with van der Waals surface area (Å²) in [5, 5.41) is 0.489. The second-order valence-corrected chi connectivity index (χ2v) is 7.56. The van der Waals surface area contributed by atoms with Crippen molar-refractivity contribution in [3.8, 4) is 0 Å². The van der Waals surface area contributed by atoms with E-state index in [9.17, 15) is 8.42 Å². The average molecular weight is 336 g/mol. The van der Waals surface area contributed by atoms with Gasteiger partial charge in [0.05, 0.1) is 17.1 Å². The van der Waals surface area contributed by atoms with Crippen LogP contribution in [0.3, 0.4) is 0 Å². The fraction of sp³-hybridized carbons (Fsp3) is 0.176. The lowest BCUT2D eigenvalue weighted by atomic mass is 10.2. The van der Waals surface area contributed by atoms with Crippen molar-refractivity contribution >= 4 is 27.3 Å². The van der Waals surface area contributed by atoms with Crippen LogP contribution in [0.4, 0.5) is 5.69 Å². The zero-order valence-electron chi connectivity index (χ0n) is 12.6. The monoisotopic (exact) mass is 335 g/mol. The highest BCUT2D eigenvalue weighted by molar-refractivity contribution is 7.92. The van der Waals surface area contributed by atoms with Crippen molar-refractivity contribution in [1.29, 1.82) is 0 Å². The summed E-state index contributed by atoms with van der Waals surface area (Å²) >= 11 is 6.00. The highest BCUT2D eigenvalue weighted by Crippen LogP contribution is 2.27. The molecule has 5 heteroatoms. The van der Waals surface area contributed by atoms with Gasteiger partial charge in [-0.1, -0.05) is 47.5 Å². The van der Waals surface area contributed by atoms with E-state index < -0.39 is 10.0 Å². The first-order valence-corrected chi connectivity index (χ1v) is 8.62. The molecule has 0 fully saturated rings. The van der Waals surface area contributed by atoms with E-state index in [-0.39, 0.29) is 11.4 Å². The van der Waals surface area contributed by atoms with Crippen LogP contribution in [0.25, 0.3) is 0 Å². The van der Waals surface area contributed by atoms with Crippen LogP contribution >= 0.6 is 11.6 Å². The summed E-state index contributed by atoms with van der Waals surface area (Å²) in [4.78, 5) is 0.249. The van der Waals surface area contributed by atoms with Crippen LogP contribution in [0, 0.1) is 6.92 Å². The van der Waals surface area contributed by atoms with Gasteiger partial charge in [0.1, 0.15) is 0 Å². The summed E-state index contributed by atoms with van der Waals surface area (Å²) < 4.78 is 27.2. The number of benzene rings is 2. The smallest absolute Gasteiger partial charge is 0.262 e. The van der Waals surface area contributed by atoms with Crippen molar-refractivity contribution in [2.24, 2.45) is 0 Å². The quantitative estimate of drug-likeness (QED) is 0.758. The Morgan fingerprint density at radius 3 is 2.36 bits per heavy atom. The molecule has 0 aliphatic rings. The molecular weight excluding hydrogens is 318 g/mol. The van der Waals surface area contributed by atoms with Crippen molar-refractivity contribution in [1.82, 2.24) is 0 Å². The van der Waals surface area contributed by atoms with E-state index in [0.717, 1.165) is 11.1 Å². The fourth-order valence-electron chi connectivity index (χ4n) is 2.03. The van der Waals surface area contributed by atoms with E-state index in [1.165, 1.54) is 4.31 Å². The van der Waals surface area contributed by atoms with Gasteiger partial charge in [0.15, 0.2) is 0 Å². The van der Waals surface area contributed by atoms with Crippen molar-refractivity contribution in [2.75, 3.05) is 10.8 Å².